The molecule has 0 aromatic heterocycles. The van der Waals surface area contributed by atoms with E-state index in [4.69, 9.17) is 26.2 Å². The largest absolute Gasteiger partial charge is 0.490 e. The molecule has 0 radical (unpaired) electrons. The number of carboxylic acid groups (broad SMARTS) is 1. The number of alkyl carbamates (subject to hydrolysis) is 1. The Hall–Kier alpha value is -6.21. The number of benzene rings is 3. The van der Waals surface area contributed by atoms with Crippen molar-refractivity contribution in [1.82, 2.24) is 26.4 Å². The fourth-order valence-corrected chi connectivity index (χ4v) is 8.74. The second-order valence-electron chi connectivity index (χ2n) is 18.3. The highest BCUT2D eigenvalue weighted by molar-refractivity contribution is 6.00. The number of halogens is 3. The van der Waals surface area contributed by atoms with Crippen molar-refractivity contribution < 1.29 is 47.0 Å². The maximum absolute atomic E-state index is 13.9. The molecule has 4 amide bonds. The average Bonchev–Trinajstić information content (AvgIpc) is 3.44. The van der Waals surface area contributed by atoms with E-state index in [2.05, 4.69) is 43.9 Å². The summed E-state index contributed by atoms with van der Waals surface area (Å²) >= 11 is 0. The van der Waals surface area contributed by atoms with Gasteiger partial charge in [-0.3, -0.25) is 14.4 Å². The molecular weight excluding hydrogens is 860 g/mol. The SMILES string of the molecule is Cc1cc(C(=O)NC2CC3CCC(C2)N3C)ccc1-c1ccc(C[C@H](NC(=O)C2CCC(CNC(=O)OC(C)(C)C)CC2)C(=O)Nc2ccc(/C(N)=N/NN)cc2)cc1.O=C(O)C(F)(F)F. The molecule has 2 bridgehead atoms. The number of carboxylic acids is 1. The normalized spacial score (nSPS) is 21.3. The molecule has 19 heteroatoms. The number of amides is 4. The molecule has 2 saturated heterocycles. The first kappa shape index (κ1) is 50.8. The van der Waals surface area contributed by atoms with Gasteiger partial charge in [-0.2, -0.15) is 13.2 Å². The number of hydrazone groups is 1. The Morgan fingerprint density at radius 1 is 0.879 bits per heavy atom. The molecule has 2 aliphatic heterocycles. The highest BCUT2D eigenvalue weighted by Crippen LogP contribution is 2.35. The number of carbonyl (C=O) groups excluding carboxylic acids is 4. The van der Waals surface area contributed by atoms with E-state index in [1.807, 2.05) is 70.2 Å². The topological polar surface area (TPSA) is 243 Å². The van der Waals surface area contributed by atoms with Crippen LogP contribution in [0.5, 0.6) is 0 Å². The number of aliphatic carboxylic acids is 1. The van der Waals surface area contributed by atoms with Crippen molar-refractivity contribution in [1.29, 1.82) is 0 Å². The lowest BCUT2D eigenvalue weighted by molar-refractivity contribution is -0.192. The van der Waals surface area contributed by atoms with Gasteiger partial charge in [-0.1, -0.05) is 30.3 Å². The van der Waals surface area contributed by atoms with Gasteiger partial charge < -0.3 is 41.7 Å². The van der Waals surface area contributed by atoms with Crippen molar-refractivity contribution in [3.05, 3.63) is 89.0 Å². The zero-order valence-electron chi connectivity index (χ0n) is 38.0. The van der Waals surface area contributed by atoms with E-state index in [1.165, 1.54) is 12.8 Å². The Kier molecular flexibility index (Phi) is 17.2. The van der Waals surface area contributed by atoms with Crippen molar-refractivity contribution in [3.8, 4) is 11.1 Å². The van der Waals surface area contributed by atoms with Crippen LogP contribution in [0.1, 0.15) is 99.2 Å². The fourth-order valence-electron chi connectivity index (χ4n) is 8.74. The fraction of sp³-hybridized carbons (Fsp3) is 0.489. The van der Waals surface area contributed by atoms with Crippen LogP contribution < -0.4 is 38.4 Å². The quantitative estimate of drug-likeness (QED) is 0.0446. The molecular formula is C47H62F3N9O7. The van der Waals surface area contributed by atoms with Crippen LogP contribution in [0.3, 0.4) is 0 Å². The van der Waals surface area contributed by atoms with E-state index in [0.717, 1.165) is 47.9 Å². The highest BCUT2D eigenvalue weighted by atomic mass is 19.4. The molecule has 1 aliphatic carbocycles. The smallest absolute Gasteiger partial charge is 0.475 e. The van der Waals surface area contributed by atoms with E-state index >= 15 is 0 Å². The molecule has 10 N–H and O–H groups in total. The zero-order valence-corrected chi connectivity index (χ0v) is 38.0. The number of anilines is 1. The summed E-state index contributed by atoms with van der Waals surface area (Å²) in [4.78, 5) is 64.4. The second kappa shape index (κ2) is 22.3. The van der Waals surface area contributed by atoms with Crippen LogP contribution in [0.15, 0.2) is 71.8 Å². The molecule has 6 rings (SSSR count). The Morgan fingerprint density at radius 2 is 1.47 bits per heavy atom. The lowest BCUT2D eigenvalue weighted by Gasteiger charge is -2.36. The molecule has 3 aliphatic rings. The van der Waals surface area contributed by atoms with Gasteiger partial charge in [0.1, 0.15) is 11.6 Å². The van der Waals surface area contributed by atoms with Crippen molar-refractivity contribution in [3.63, 3.8) is 0 Å². The predicted octanol–water partition coefficient (Wildman–Crippen LogP) is 5.73. The van der Waals surface area contributed by atoms with Gasteiger partial charge in [-0.25, -0.2) is 21.0 Å². The number of hydrogen-bond acceptors (Lipinski definition) is 10. The summed E-state index contributed by atoms with van der Waals surface area (Å²) in [5.41, 5.74) is 13.2. The number of piperidine rings is 1. The number of alkyl halides is 3. The number of nitrogens with two attached hydrogens (primary N) is 2. The molecule has 3 atom stereocenters. The predicted molar refractivity (Wildman–Crippen MR) is 244 cm³/mol. The number of hydrogen-bond donors (Lipinski definition) is 8. The highest BCUT2D eigenvalue weighted by Gasteiger charge is 2.39. The molecule has 2 heterocycles. The molecule has 2 unspecified atom stereocenters. The van der Waals surface area contributed by atoms with Crippen molar-refractivity contribution in [2.45, 2.75) is 121 Å². The molecule has 0 spiro atoms. The van der Waals surface area contributed by atoms with E-state index in [9.17, 15) is 32.3 Å². The van der Waals surface area contributed by atoms with Gasteiger partial charge in [-0.05, 0) is 151 Å². The minimum absolute atomic E-state index is 0.0311. The third-order valence-corrected chi connectivity index (χ3v) is 12.3. The summed E-state index contributed by atoms with van der Waals surface area (Å²) in [6, 6.07) is 21.1. The van der Waals surface area contributed by atoms with Gasteiger partial charge in [0.05, 0.1) is 0 Å². The van der Waals surface area contributed by atoms with Crippen LogP contribution in [-0.2, 0) is 25.5 Å². The first-order valence-corrected chi connectivity index (χ1v) is 22.1. The van der Waals surface area contributed by atoms with Crippen LogP contribution in [-0.4, -0.2) is 95.2 Å². The Morgan fingerprint density at radius 3 is 2.02 bits per heavy atom. The van der Waals surface area contributed by atoms with Crippen LogP contribution >= 0.6 is 0 Å². The van der Waals surface area contributed by atoms with E-state index in [0.29, 0.717) is 48.3 Å². The summed E-state index contributed by atoms with van der Waals surface area (Å²) in [7, 11) is 2.20. The number of aryl methyl sites for hydroxylation is 1. The molecule has 16 nitrogen and oxygen atoms in total. The maximum atomic E-state index is 13.9. The van der Waals surface area contributed by atoms with E-state index in [-0.39, 0.29) is 47.9 Å². The third-order valence-electron chi connectivity index (χ3n) is 12.3. The zero-order chi connectivity index (χ0) is 48.3. The molecule has 358 valence electrons. The van der Waals surface area contributed by atoms with Crippen molar-refractivity contribution in [2.75, 3.05) is 18.9 Å². The molecule has 66 heavy (non-hydrogen) atoms. The lowest BCUT2D eigenvalue weighted by atomic mass is 9.81. The van der Waals surface area contributed by atoms with Crippen LogP contribution in [0.4, 0.5) is 23.7 Å². The first-order chi connectivity index (χ1) is 31.1. The number of amidine groups is 1. The number of carbonyl (C=O) groups is 5. The lowest BCUT2D eigenvalue weighted by Crippen LogP contribution is -2.48. The number of ether oxygens (including phenoxy) is 1. The van der Waals surface area contributed by atoms with Gasteiger partial charge in [0.15, 0.2) is 5.84 Å². The minimum atomic E-state index is -5.08. The molecule has 3 aromatic rings. The van der Waals surface area contributed by atoms with Crippen molar-refractivity contribution in [2.24, 2.45) is 28.5 Å². The summed E-state index contributed by atoms with van der Waals surface area (Å²) in [6.07, 6.45) is 1.99. The maximum Gasteiger partial charge on any atom is 0.490 e. The minimum Gasteiger partial charge on any atom is -0.475 e. The monoisotopic (exact) mass is 921 g/mol. The van der Waals surface area contributed by atoms with Crippen LogP contribution in [0, 0.1) is 18.8 Å². The molecule has 3 aromatic carbocycles. The van der Waals surface area contributed by atoms with Gasteiger partial charge in [0.25, 0.3) is 5.91 Å². The summed E-state index contributed by atoms with van der Waals surface area (Å²) < 4.78 is 37.1. The number of nitrogens with zero attached hydrogens (tertiary/aromatic N) is 2. The van der Waals surface area contributed by atoms with Gasteiger partial charge in [-0.15, -0.1) is 5.10 Å². The second-order valence-corrected chi connectivity index (χ2v) is 18.3. The Labute approximate surface area is 382 Å². The number of fused-ring (bicyclic) bond motifs is 2. The Balaban J connectivity index is 0.00000108. The number of nitrogens with one attached hydrogen (secondary N) is 5. The summed E-state index contributed by atoms with van der Waals surface area (Å²) in [5.74, 6) is 2.12. The number of hydrazine groups is 1. The van der Waals surface area contributed by atoms with Gasteiger partial charge in [0.2, 0.25) is 11.8 Å². The molecule has 1 saturated carbocycles. The summed E-state index contributed by atoms with van der Waals surface area (Å²) in [6.45, 7) is 7.98. The Bertz CT molecular complexity index is 2190. The van der Waals surface area contributed by atoms with Crippen LogP contribution in [0.2, 0.25) is 0 Å². The van der Waals surface area contributed by atoms with Crippen molar-refractivity contribution >= 4 is 41.3 Å². The van der Waals surface area contributed by atoms with E-state index < -0.39 is 29.9 Å². The molecule has 3 fully saturated rings. The number of rotatable bonds is 13. The summed E-state index contributed by atoms with van der Waals surface area (Å²) in [5, 5.41) is 23.1. The standard InChI is InChI=1S/C45H61N9O5.C2HF3O2/c1-27-22-33(42(56)50-35-24-36-19-20-37(25-35)54(36)5)16-21-38(27)30-10-6-28(7-11-30)23-39(43(57)49-34-17-14-31(15-18-34)40(46)52-53-47)51-41(55)32-12-8-29(9-13-32)26-48-44(58)59-45(2,3)4;3-2(4,5)1(6)7/h6-7,10-11,14-18,21-22,29,32,35-37,39,53H,8-9,12-13,19-20,23-26,47H2,1-5H3,(H2,46,52)(H,48,58)(H,49,57)(H,50,56)(H,51,55);(H,6,7)/t29?,32?,35?,36?,37?,39-;/m0./s1. The van der Waals surface area contributed by atoms with E-state index in [1.54, 1.807) is 24.3 Å². The van der Waals surface area contributed by atoms with Gasteiger partial charge in [0, 0.05) is 53.8 Å². The van der Waals surface area contributed by atoms with Gasteiger partial charge >= 0.3 is 18.2 Å². The third kappa shape index (κ3) is 14.7. The first-order valence-electron chi connectivity index (χ1n) is 22.1. The average molecular weight is 922 g/mol. The van der Waals surface area contributed by atoms with Crippen LogP contribution in [0.25, 0.3) is 11.1 Å².